The van der Waals surface area contributed by atoms with E-state index in [4.69, 9.17) is 10.00 Å². The molecule has 0 atom stereocenters. The summed E-state index contributed by atoms with van der Waals surface area (Å²) in [5, 5.41) is 9.08. The van der Waals surface area contributed by atoms with Crippen LogP contribution >= 0.6 is 15.9 Å². The van der Waals surface area contributed by atoms with Crippen molar-refractivity contribution in [2.75, 3.05) is 7.11 Å². The van der Waals surface area contributed by atoms with Crippen molar-refractivity contribution < 1.29 is 4.74 Å². The van der Waals surface area contributed by atoms with Crippen LogP contribution in [0.5, 0.6) is 5.75 Å². The van der Waals surface area contributed by atoms with Crippen LogP contribution in [0.1, 0.15) is 16.7 Å². The van der Waals surface area contributed by atoms with Gasteiger partial charge in [0.2, 0.25) is 0 Å². The first-order chi connectivity index (χ1) is 8.72. The number of ether oxygens (including phenoxy) is 1. The average Bonchev–Trinajstić information content (AvgIpc) is 2.40. The van der Waals surface area contributed by atoms with Crippen molar-refractivity contribution in [2.45, 2.75) is 6.42 Å². The second-order valence-corrected chi connectivity index (χ2v) is 4.85. The van der Waals surface area contributed by atoms with E-state index in [1.807, 2.05) is 42.5 Å². The van der Waals surface area contributed by atoms with Crippen LogP contribution in [0.3, 0.4) is 0 Å². The van der Waals surface area contributed by atoms with Crippen molar-refractivity contribution in [1.29, 1.82) is 5.26 Å². The highest BCUT2D eigenvalue weighted by molar-refractivity contribution is 9.10. The Morgan fingerprint density at radius 1 is 1.17 bits per heavy atom. The number of nitrogens with zero attached hydrogens (tertiary/aromatic N) is 1. The predicted molar refractivity (Wildman–Crippen MR) is 74.7 cm³/mol. The number of nitriles is 1. The van der Waals surface area contributed by atoms with E-state index in [1.165, 1.54) is 0 Å². The highest BCUT2D eigenvalue weighted by Crippen LogP contribution is 2.20. The minimum atomic E-state index is 0.717. The molecule has 18 heavy (non-hydrogen) atoms. The third-order valence-electron chi connectivity index (χ3n) is 2.74. The van der Waals surface area contributed by atoms with Crippen LogP contribution < -0.4 is 4.74 Å². The Morgan fingerprint density at radius 3 is 2.50 bits per heavy atom. The summed E-state index contributed by atoms with van der Waals surface area (Å²) >= 11 is 3.43. The maximum atomic E-state index is 9.08. The summed E-state index contributed by atoms with van der Waals surface area (Å²) in [4.78, 5) is 0. The Morgan fingerprint density at radius 2 is 1.89 bits per heavy atom. The normalized spacial score (nSPS) is 9.83. The van der Waals surface area contributed by atoms with Crippen LogP contribution in [0.15, 0.2) is 46.9 Å². The Labute approximate surface area is 115 Å². The first-order valence-corrected chi connectivity index (χ1v) is 6.33. The van der Waals surface area contributed by atoms with Crippen LogP contribution in [0.2, 0.25) is 0 Å². The summed E-state index contributed by atoms with van der Waals surface area (Å²) in [5.74, 6) is 0.841. The number of rotatable bonds is 3. The van der Waals surface area contributed by atoms with Gasteiger partial charge in [0.25, 0.3) is 0 Å². The zero-order valence-electron chi connectivity index (χ0n) is 9.98. The fourth-order valence-corrected chi connectivity index (χ4v) is 2.19. The average molecular weight is 302 g/mol. The Balaban J connectivity index is 2.27. The van der Waals surface area contributed by atoms with Gasteiger partial charge in [-0.3, -0.25) is 0 Å². The lowest BCUT2D eigenvalue weighted by atomic mass is 10.0. The minimum Gasteiger partial charge on any atom is -0.497 e. The fourth-order valence-electron chi connectivity index (χ4n) is 1.78. The zero-order chi connectivity index (χ0) is 13.0. The highest BCUT2D eigenvalue weighted by atomic mass is 79.9. The van der Waals surface area contributed by atoms with Crippen molar-refractivity contribution in [2.24, 2.45) is 0 Å². The summed E-state index contributed by atoms with van der Waals surface area (Å²) in [7, 11) is 1.65. The molecular weight excluding hydrogens is 290 g/mol. The third kappa shape index (κ3) is 2.91. The molecule has 0 amide bonds. The lowest BCUT2D eigenvalue weighted by Gasteiger charge is -2.06. The third-order valence-corrected chi connectivity index (χ3v) is 3.23. The molecule has 0 spiro atoms. The summed E-state index contributed by atoms with van der Waals surface area (Å²) < 4.78 is 6.11. The SMILES string of the molecule is COc1ccc(Cc2cc(Br)ccc2C#N)cc1. The van der Waals surface area contributed by atoms with Gasteiger partial charge in [0.1, 0.15) is 5.75 Å². The molecule has 2 aromatic rings. The van der Waals surface area contributed by atoms with Crippen molar-refractivity contribution in [3.05, 3.63) is 63.6 Å². The molecule has 2 aromatic carbocycles. The Hall–Kier alpha value is -1.79. The largest absolute Gasteiger partial charge is 0.497 e. The van der Waals surface area contributed by atoms with Gasteiger partial charge in [-0.2, -0.15) is 5.26 Å². The number of benzene rings is 2. The number of hydrogen-bond donors (Lipinski definition) is 0. The van der Waals surface area contributed by atoms with Crippen LogP contribution in [-0.4, -0.2) is 7.11 Å². The molecule has 0 N–H and O–H groups in total. The first kappa shape index (κ1) is 12.7. The summed E-state index contributed by atoms with van der Waals surface area (Å²) in [5.41, 5.74) is 2.90. The van der Waals surface area contributed by atoms with Crippen molar-refractivity contribution in [3.63, 3.8) is 0 Å². The maximum Gasteiger partial charge on any atom is 0.118 e. The van der Waals surface area contributed by atoms with E-state index in [0.717, 1.165) is 27.8 Å². The van der Waals surface area contributed by atoms with Crippen LogP contribution in [0.4, 0.5) is 0 Å². The summed E-state index contributed by atoms with van der Waals surface area (Å²) in [6.07, 6.45) is 0.742. The van der Waals surface area contributed by atoms with Gasteiger partial charge >= 0.3 is 0 Å². The van der Waals surface area contributed by atoms with Gasteiger partial charge in [0, 0.05) is 4.47 Å². The lowest BCUT2D eigenvalue weighted by molar-refractivity contribution is 0.414. The standard InChI is InChI=1S/C15H12BrNO/c1-18-15-6-2-11(3-7-15)8-13-9-14(16)5-4-12(13)10-17/h2-7,9H,8H2,1H3. The van der Waals surface area contributed by atoms with Crippen LogP contribution in [0.25, 0.3) is 0 Å². The van der Waals surface area contributed by atoms with Gasteiger partial charge < -0.3 is 4.74 Å². The molecule has 0 heterocycles. The molecule has 0 bridgehead atoms. The molecule has 0 fully saturated rings. The molecule has 0 unspecified atom stereocenters. The molecular formula is C15H12BrNO. The topological polar surface area (TPSA) is 33.0 Å². The predicted octanol–water partition coefficient (Wildman–Crippen LogP) is 3.92. The van der Waals surface area contributed by atoms with E-state index in [2.05, 4.69) is 22.0 Å². The number of hydrogen-bond acceptors (Lipinski definition) is 2. The second-order valence-electron chi connectivity index (χ2n) is 3.94. The monoisotopic (exact) mass is 301 g/mol. The van der Waals surface area contributed by atoms with Gasteiger partial charge in [0.05, 0.1) is 18.7 Å². The van der Waals surface area contributed by atoms with Gasteiger partial charge in [-0.05, 0) is 47.9 Å². The van der Waals surface area contributed by atoms with Gasteiger partial charge in [-0.15, -0.1) is 0 Å². The first-order valence-electron chi connectivity index (χ1n) is 5.54. The van der Waals surface area contributed by atoms with Gasteiger partial charge in [-0.1, -0.05) is 28.1 Å². The summed E-state index contributed by atoms with van der Waals surface area (Å²) in [6, 6.07) is 15.8. The number of methoxy groups -OCH3 is 1. The summed E-state index contributed by atoms with van der Waals surface area (Å²) in [6.45, 7) is 0. The second kappa shape index (κ2) is 5.70. The minimum absolute atomic E-state index is 0.717. The highest BCUT2D eigenvalue weighted by Gasteiger charge is 2.04. The van der Waals surface area contributed by atoms with E-state index in [0.29, 0.717) is 5.56 Å². The van der Waals surface area contributed by atoms with Crippen LogP contribution in [0, 0.1) is 11.3 Å². The fraction of sp³-hybridized carbons (Fsp3) is 0.133. The molecule has 0 saturated heterocycles. The van der Waals surface area contributed by atoms with Crippen LogP contribution in [-0.2, 0) is 6.42 Å². The van der Waals surface area contributed by atoms with E-state index in [1.54, 1.807) is 7.11 Å². The molecule has 0 aromatic heterocycles. The molecule has 3 heteroatoms. The van der Waals surface area contributed by atoms with Gasteiger partial charge in [0.15, 0.2) is 0 Å². The van der Waals surface area contributed by atoms with Crippen molar-refractivity contribution >= 4 is 15.9 Å². The molecule has 0 aliphatic rings. The number of halogens is 1. The van der Waals surface area contributed by atoms with E-state index in [9.17, 15) is 0 Å². The smallest absolute Gasteiger partial charge is 0.118 e. The molecule has 0 aliphatic carbocycles. The lowest BCUT2D eigenvalue weighted by Crippen LogP contribution is -1.93. The Bertz CT molecular complexity index is 584. The molecule has 2 nitrogen and oxygen atoms in total. The molecule has 0 aliphatic heterocycles. The maximum absolute atomic E-state index is 9.08. The molecule has 2 rings (SSSR count). The van der Waals surface area contributed by atoms with E-state index < -0.39 is 0 Å². The van der Waals surface area contributed by atoms with E-state index in [-0.39, 0.29) is 0 Å². The van der Waals surface area contributed by atoms with Crippen molar-refractivity contribution in [1.82, 2.24) is 0 Å². The molecule has 0 saturated carbocycles. The molecule has 90 valence electrons. The quantitative estimate of drug-likeness (QED) is 0.861. The van der Waals surface area contributed by atoms with Crippen molar-refractivity contribution in [3.8, 4) is 11.8 Å². The Kier molecular flexibility index (Phi) is 4.01. The zero-order valence-corrected chi connectivity index (χ0v) is 11.6. The molecule has 0 radical (unpaired) electrons. The van der Waals surface area contributed by atoms with E-state index >= 15 is 0 Å². The van der Waals surface area contributed by atoms with Gasteiger partial charge in [-0.25, -0.2) is 0 Å².